The topological polar surface area (TPSA) is 32.3 Å². The maximum atomic E-state index is 13.1. The second-order valence-electron chi connectivity index (χ2n) is 2.49. The lowest BCUT2D eigenvalue weighted by molar-refractivity contribution is 0.158. The number of rotatable bonds is 2. The van der Waals surface area contributed by atoms with Crippen molar-refractivity contribution in [2.75, 3.05) is 0 Å². The van der Waals surface area contributed by atoms with Crippen molar-refractivity contribution in [1.29, 1.82) is 0 Å². The van der Waals surface area contributed by atoms with Gasteiger partial charge in [-0.05, 0) is 18.6 Å². The molecule has 1 aromatic rings. The van der Waals surface area contributed by atoms with Crippen molar-refractivity contribution >= 4 is 0 Å². The number of hydroxylamine groups is 1. The van der Waals surface area contributed by atoms with Gasteiger partial charge >= 0.3 is 0 Å². The first-order chi connectivity index (χ1) is 5.66. The second-order valence-corrected chi connectivity index (χ2v) is 2.49. The largest absolute Gasteiger partial charge is 0.316 e. The Morgan fingerprint density at radius 1 is 1.42 bits per heavy atom. The predicted molar refractivity (Wildman–Crippen MR) is 39.7 cm³/mol. The van der Waals surface area contributed by atoms with Gasteiger partial charge in [-0.2, -0.15) is 0 Å². The van der Waals surface area contributed by atoms with Gasteiger partial charge in [0.05, 0.1) is 6.54 Å². The number of halogens is 2. The van der Waals surface area contributed by atoms with Crippen LogP contribution >= 0.6 is 0 Å². The molecule has 0 aromatic heterocycles. The highest BCUT2D eigenvalue weighted by Crippen LogP contribution is 2.15. The molecule has 0 radical (unpaired) electrons. The van der Waals surface area contributed by atoms with Crippen molar-refractivity contribution in [3.63, 3.8) is 0 Å². The molecule has 2 N–H and O–H groups in total. The van der Waals surface area contributed by atoms with Crippen molar-refractivity contribution < 1.29 is 14.0 Å². The fourth-order valence-electron chi connectivity index (χ4n) is 0.956. The summed E-state index contributed by atoms with van der Waals surface area (Å²) in [5, 5.41) is 8.28. The van der Waals surface area contributed by atoms with E-state index in [-0.39, 0.29) is 12.1 Å². The molecule has 2 nitrogen and oxygen atoms in total. The first-order valence-electron chi connectivity index (χ1n) is 3.47. The fraction of sp³-hybridized carbons (Fsp3) is 0.250. The van der Waals surface area contributed by atoms with Crippen molar-refractivity contribution in [3.8, 4) is 0 Å². The molecule has 1 rings (SSSR count). The number of hydrogen-bond donors (Lipinski definition) is 2. The smallest absolute Gasteiger partial charge is 0.133 e. The average molecular weight is 173 g/mol. The molecule has 0 fully saturated rings. The second kappa shape index (κ2) is 3.60. The Hall–Kier alpha value is -1.00. The third-order valence-electron chi connectivity index (χ3n) is 1.63. The van der Waals surface area contributed by atoms with E-state index in [4.69, 9.17) is 5.21 Å². The molecule has 0 unspecified atom stereocenters. The van der Waals surface area contributed by atoms with Gasteiger partial charge in [0.1, 0.15) is 11.6 Å². The zero-order valence-electron chi connectivity index (χ0n) is 6.56. The molecule has 0 saturated carbocycles. The Bertz CT molecular complexity index is 289. The maximum Gasteiger partial charge on any atom is 0.133 e. The van der Waals surface area contributed by atoms with Gasteiger partial charge in [-0.25, -0.2) is 14.3 Å². The van der Waals surface area contributed by atoms with E-state index in [9.17, 15) is 8.78 Å². The molecule has 4 heteroatoms. The fourth-order valence-corrected chi connectivity index (χ4v) is 0.956. The van der Waals surface area contributed by atoms with E-state index in [2.05, 4.69) is 0 Å². The van der Waals surface area contributed by atoms with Crippen LogP contribution in [-0.2, 0) is 6.54 Å². The Morgan fingerprint density at radius 2 is 2.08 bits per heavy atom. The lowest BCUT2D eigenvalue weighted by Gasteiger charge is -2.04. The van der Waals surface area contributed by atoms with Crippen LogP contribution in [0.5, 0.6) is 0 Å². The molecule has 0 bridgehead atoms. The molecule has 0 heterocycles. The zero-order valence-corrected chi connectivity index (χ0v) is 6.56. The van der Waals surface area contributed by atoms with Crippen LogP contribution < -0.4 is 5.48 Å². The van der Waals surface area contributed by atoms with Gasteiger partial charge in [-0.15, -0.1) is 0 Å². The standard InChI is InChI=1S/C8H9F2NO/c1-5-2-3-7(9)6(4-11-12)8(5)10/h2-3,11-12H,4H2,1H3. The van der Waals surface area contributed by atoms with E-state index in [1.807, 2.05) is 0 Å². The van der Waals surface area contributed by atoms with E-state index >= 15 is 0 Å². The van der Waals surface area contributed by atoms with E-state index in [0.29, 0.717) is 5.56 Å². The predicted octanol–water partition coefficient (Wildman–Crippen LogP) is 1.75. The number of nitrogens with one attached hydrogen (secondary N) is 1. The molecule has 0 aliphatic carbocycles. The average Bonchev–Trinajstić information content (AvgIpc) is 2.06. The van der Waals surface area contributed by atoms with Crippen LogP contribution in [0.3, 0.4) is 0 Å². The quantitative estimate of drug-likeness (QED) is 0.668. The van der Waals surface area contributed by atoms with Crippen molar-refractivity contribution in [3.05, 3.63) is 34.9 Å². The lowest BCUT2D eigenvalue weighted by Crippen LogP contribution is -2.10. The number of hydrogen-bond acceptors (Lipinski definition) is 2. The summed E-state index contributed by atoms with van der Waals surface area (Å²) in [6, 6.07) is 2.52. The van der Waals surface area contributed by atoms with Gasteiger partial charge in [-0.1, -0.05) is 6.07 Å². The monoisotopic (exact) mass is 173 g/mol. The van der Waals surface area contributed by atoms with Gasteiger partial charge in [0.2, 0.25) is 0 Å². The minimum atomic E-state index is -0.653. The number of benzene rings is 1. The highest BCUT2D eigenvalue weighted by Gasteiger charge is 2.09. The van der Waals surface area contributed by atoms with E-state index in [1.165, 1.54) is 19.1 Å². The first-order valence-corrected chi connectivity index (χ1v) is 3.47. The van der Waals surface area contributed by atoms with Crippen LogP contribution in [0.1, 0.15) is 11.1 Å². The molecule has 0 spiro atoms. The molecule has 0 aliphatic rings. The van der Waals surface area contributed by atoms with Crippen molar-refractivity contribution in [2.45, 2.75) is 13.5 Å². The number of aryl methyl sites for hydroxylation is 1. The van der Waals surface area contributed by atoms with Crippen LogP contribution in [-0.4, -0.2) is 5.21 Å². The summed E-state index contributed by atoms with van der Waals surface area (Å²) in [5.41, 5.74) is 1.93. The molecular weight excluding hydrogens is 164 g/mol. The Balaban J connectivity index is 3.14. The van der Waals surface area contributed by atoms with Gasteiger partial charge in [-0.3, -0.25) is 0 Å². The Kier molecular flexibility index (Phi) is 2.73. The van der Waals surface area contributed by atoms with Crippen molar-refractivity contribution in [2.24, 2.45) is 0 Å². The normalized spacial score (nSPS) is 10.3. The molecular formula is C8H9F2NO. The lowest BCUT2D eigenvalue weighted by atomic mass is 10.1. The van der Waals surface area contributed by atoms with Crippen LogP contribution in [0.15, 0.2) is 12.1 Å². The molecule has 1 aromatic carbocycles. The van der Waals surface area contributed by atoms with Gasteiger partial charge in [0.15, 0.2) is 0 Å². The van der Waals surface area contributed by atoms with E-state index in [1.54, 1.807) is 5.48 Å². The summed E-state index contributed by atoms with van der Waals surface area (Å²) in [7, 11) is 0. The zero-order chi connectivity index (χ0) is 9.14. The molecule has 12 heavy (non-hydrogen) atoms. The minimum Gasteiger partial charge on any atom is -0.316 e. The molecule has 0 saturated heterocycles. The molecule has 0 atom stereocenters. The van der Waals surface area contributed by atoms with Crippen molar-refractivity contribution in [1.82, 2.24) is 5.48 Å². The third-order valence-corrected chi connectivity index (χ3v) is 1.63. The molecule has 0 aliphatic heterocycles. The minimum absolute atomic E-state index is 0.141. The van der Waals surface area contributed by atoms with Crippen LogP contribution in [0.25, 0.3) is 0 Å². The van der Waals surface area contributed by atoms with Crippen LogP contribution in [0.4, 0.5) is 8.78 Å². The highest BCUT2D eigenvalue weighted by atomic mass is 19.1. The summed E-state index contributed by atoms with van der Waals surface area (Å²) in [4.78, 5) is 0. The molecule has 0 amide bonds. The summed E-state index contributed by atoms with van der Waals surface area (Å²) in [6.45, 7) is 1.31. The highest BCUT2D eigenvalue weighted by molar-refractivity contribution is 5.26. The summed E-state index contributed by atoms with van der Waals surface area (Å²) in [5.74, 6) is -1.27. The van der Waals surface area contributed by atoms with Gasteiger partial charge in [0, 0.05) is 5.56 Å². The van der Waals surface area contributed by atoms with E-state index in [0.717, 1.165) is 0 Å². The summed E-state index contributed by atoms with van der Waals surface area (Å²) >= 11 is 0. The summed E-state index contributed by atoms with van der Waals surface area (Å²) < 4.78 is 25.9. The Morgan fingerprint density at radius 3 is 2.67 bits per heavy atom. The van der Waals surface area contributed by atoms with Gasteiger partial charge in [0.25, 0.3) is 0 Å². The third kappa shape index (κ3) is 1.60. The van der Waals surface area contributed by atoms with E-state index < -0.39 is 11.6 Å². The maximum absolute atomic E-state index is 13.1. The van der Waals surface area contributed by atoms with Gasteiger partial charge < -0.3 is 5.21 Å². The first kappa shape index (κ1) is 9.09. The molecule has 66 valence electrons. The van der Waals surface area contributed by atoms with Crippen LogP contribution in [0.2, 0.25) is 0 Å². The van der Waals surface area contributed by atoms with Crippen LogP contribution in [0, 0.1) is 18.6 Å². The summed E-state index contributed by atoms with van der Waals surface area (Å²) in [6.07, 6.45) is 0. The SMILES string of the molecule is Cc1ccc(F)c(CNO)c1F. The Labute approximate surface area is 68.8 Å².